The van der Waals surface area contributed by atoms with E-state index in [9.17, 15) is 9.59 Å². The number of aromatic nitrogens is 2. The summed E-state index contributed by atoms with van der Waals surface area (Å²) in [6, 6.07) is 11.6. The van der Waals surface area contributed by atoms with Crippen LogP contribution in [0.2, 0.25) is 5.02 Å². The van der Waals surface area contributed by atoms with Crippen LogP contribution in [-0.4, -0.2) is 21.2 Å². The first-order chi connectivity index (χ1) is 17.8. The molecule has 0 spiro atoms. The molecule has 4 aromatic rings. The maximum Gasteiger partial charge on any atom is 0.267 e. The minimum atomic E-state index is -0.129. The van der Waals surface area contributed by atoms with E-state index in [-0.39, 0.29) is 23.1 Å². The molecule has 0 atom stereocenters. The zero-order valence-corrected chi connectivity index (χ0v) is 23.9. The van der Waals surface area contributed by atoms with Crippen molar-refractivity contribution in [1.82, 2.24) is 9.55 Å². The molecule has 0 saturated heterocycles. The number of carbonyl (C=O) groups is 1. The van der Waals surface area contributed by atoms with Crippen LogP contribution in [0.3, 0.4) is 0 Å². The van der Waals surface area contributed by atoms with Gasteiger partial charge >= 0.3 is 0 Å². The fourth-order valence-electron chi connectivity index (χ4n) is 4.98. The second-order valence-corrected chi connectivity index (χ2v) is 12.3. The molecule has 1 amide bonds. The zero-order chi connectivity index (χ0) is 26.3. The lowest BCUT2D eigenvalue weighted by Gasteiger charge is -2.17. The lowest BCUT2D eigenvalue weighted by atomic mass is 9.97. The SMILES string of the molecule is Cc1cccc(C(C)C)c1NC(=O)CSc1nc2sc3c(c2c(=O)n1-c1cccc(Cl)c1C)CCCC3. The zero-order valence-electron chi connectivity index (χ0n) is 21.5. The van der Waals surface area contributed by atoms with Crippen molar-refractivity contribution in [1.29, 1.82) is 0 Å². The standard InChI is InChI=1S/C29H30ClN3O2S2/c1-16(2)19-11-7-9-17(3)26(19)31-24(34)15-36-29-32-27-25(20-10-5-6-14-23(20)37-27)28(35)33(29)22-13-8-12-21(30)18(22)4/h7-9,11-13,16H,5-6,10,14-15H2,1-4H3,(H,31,34). The van der Waals surface area contributed by atoms with Crippen molar-refractivity contribution in [3.63, 3.8) is 0 Å². The topological polar surface area (TPSA) is 64.0 Å². The van der Waals surface area contributed by atoms with E-state index in [4.69, 9.17) is 16.6 Å². The number of aryl methyl sites for hydroxylation is 3. The van der Waals surface area contributed by atoms with Gasteiger partial charge in [0, 0.05) is 15.6 Å². The molecule has 0 aliphatic heterocycles. The molecule has 0 radical (unpaired) electrons. The lowest BCUT2D eigenvalue weighted by molar-refractivity contribution is -0.113. The Kier molecular flexibility index (Phi) is 7.48. The van der Waals surface area contributed by atoms with Crippen LogP contribution >= 0.6 is 34.7 Å². The summed E-state index contributed by atoms with van der Waals surface area (Å²) < 4.78 is 1.65. The number of carbonyl (C=O) groups excluding carboxylic acids is 1. The van der Waals surface area contributed by atoms with Gasteiger partial charge in [-0.1, -0.05) is 61.5 Å². The Labute approximate surface area is 230 Å². The number of halogens is 1. The molecule has 0 saturated carbocycles. The van der Waals surface area contributed by atoms with Crippen molar-refractivity contribution in [3.8, 4) is 5.69 Å². The number of thiophene rings is 1. The molecule has 0 bridgehead atoms. The van der Waals surface area contributed by atoms with Gasteiger partial charge < -0.3 is 5.32 Å². The Balaban J connectivity index is 1.55. The maximum absolute atomic E-state index is 14.0. The van der Waals surface area contributed by atoms with E-state index in [1.807, 2.05) is 50.2 Å². The van der Waals surface area contributed by atoms with Gasteiger partial charge in [-0.15, -0.1) is 11.3 Å². The van der Waals surface area contributed by atoms with E-state index in [1.54, 1.807) is 15.9 Å². The van der Waals surface area contributed by atoms with Gasteiger partial charge in [0.15, 0.2) is 5.16 Å². The van der Waals surface area contributed by atoms with Crippen LogP contribution in [0.1, 0.15) is 59.7 Å². The van der Waals surface area contributed by atoms with Gasteiger partial charge in [-0.05, 0) is 79.8 Å². The van der Waals surface area contributed by atoms with Gasteiger partial charge in [-0.3, -0.25) is 14.2 Å². The molecule has 1 N–H and O–H groups in total. The number of amides is 1. The van der Waals surface area contributed by atoms with Crippen LogP contribution in [0, 0.1) is 13.8 Å². The Bertz CT molecular complexity index is 1570. The highest BCUT2D eigenvalue weighted by atomic mass is 35.5. The third kappa shape index (κ3) is 4.97. The third-order valence-corrected chi connectivity index (χ3v) is 9.50. The molecule has 1 aliphatic rings. The molecule has 0 fully saturated rings. The number of hydrogen-bond acceptors (Lipinski definition) is 5. The molecule has 2 heterocycles. The minimum absolute atomic E-state index is 0.0846. The fourth-order valence-corrected chi connectivity index (χ4v) is 7.26. The Morgan fingerprint density at radius 1 is 1.16 bits per heavy atom. The maximum atomic E-state index is 14.0. The van der Waals surface area contributed by atoms with E-state index in [0.717, 1.165) is 63.8 Å². The van der Waals surface area contributed by atoms with Crippen LogP contribution in [0.5, 0.6) is 0 Å². The van der Waals surface area contributed by atoms with Gasteiger partial charge in [-0.25, -0.2) is 4.98 Å². The molecule has 37 heavy (non-hydrogen) atoms. The first-order valence-corrected chi connectivity index (χ1v) is 14.8. The second kappa shape index (κ2) is 10.6. The third-order valence-electron chi connectivity index (χ3n) is 6.96. The van der Waals surface area contributed by atoms with Crippen molar-refractivity contribution in [2.45, 2.75) is 64.5 Å². The Morgan fingerprint density at radius 2 is 1.92 bits per heavy atom. The molecular formula is C29H30ClN3O2S2. The average Bonchev–Trinajstić information content (AvgIpc) is 3.24. The number of nitrogens with one attached hydrogen (secondary N) is 1. The number of fused-ring (bicyclic) bond motifs is 3. The molecular weight excluding hydrogens is 522 g/mol. The normalized spacial score (nSPS) is 13.2. The van der Waals surface area contributed by atoms with E-state index < -0.39 is 0 Å². The van der Waals surface area contributed by atoms with Crippen molar-refractivity contribution >= 4 is 56.5 Å². The van der Waals surface area contributed by atoms with Crippen molar-refractivity contribution in [2.75, 3.05) is 11.1 Å². The smallest absolute Gasteiger partial charge is 0.267 e. The number of rotatable bonds is 6. The summed E-state index contributed by atoms with van der Waals surface area (Å²) in [5, 5.41) is 4.92. The summed E-state index contributed by atoms with van der Waals surface area (Å²) in [5.74, 6) is 0.289. The van der Waals surface area contributed by atoms with E-state index >= 15 is 0 Å². The van der Waals surface area contributed by atoms with E-state index in [0.29, 0.717) is 15.9 Å². The number of nitrogens with zero attached hydrogens (tertiary/aromatic N) is 2. The van der Waals surface area contributed by atoms with Crippen LogP contribution in [0.25, 0.3) is 15.9 Å². The van der Waals surface area contributed by atoms with Crippen LogP contribution in [0.15, 0.2) is 46.3 Å². The second-order valence-electron chi connectivity index (χ2n) is 9.84. The highest BCUT2D eigenvalue weighted by molar-refractivity contribution is 7.99. The van der Waals surface area contributed by atoms with Gasteiger partial charge in [0.1, 0.15) is 4.83 Å². The van der Waals surface area contributed by atoms with Crippen LogP contribution < -0.4 is 10.9 Å². The largest absolute Gasteiger partial charge is 0.325 e. The molecule has 2 aromatic carbocycles. The summed E-state index contributed by atoms with van der Waals surface area (Å²) in [6.45, 7) is 8.14. The van der Waals surface area contributed by atoms with Crippen molar-refractivity contribution in [2.24, 2.45) is 0 Å². The summed E-state index contributed by atoms with van der Waals surface area (Å²) in [7, 11) is 0. The summed E-state index contributed by atoms with van der Waals surface area (Å²) in [6.07, 6.45) is 4.12. The molecule has 8 heteroatoms. The van der Waals surface area contributed by atoms with Gasteiger partial charge in [0.05, 0.1) is 16.8 Å². The van der Waals surface area contributed by atoms with Crippen LogP contribution in [-0.2, 0) is 17.6 Å². The van der Waals surface area contributed by atoms with Crippen LogP contribution in [0.4, 0.5) is 5.69 Å². The van der Waals surface area contributed by atoms with E-state index in [2.05, 4.69) is 19.2 Å². The molecule has 2 aromatic heterocycles. The average molecular weight is 552 g/mol. The van der Waals surface area contributed by atoms with E-state index in [1.165, 1.54) is 16.6 Å². The first-order valence-electron chi connectivity index (χ1n) is 12.6. The number of thioether (sulfide) groups is 1. The summed E-state index contributed by atoms with van der Waals surface area (Å²) in [5.41, 5.74) is 5.57. The predicted octanol–water partition coefficient (Wildman–Crippen LogP) is 7.45. The molecule has 0 unspecified atom stereocenters. The Morgan fingerprint density at radius 3 is 2.70 bits per heavy atom. The van der Waals surface area contributed by atoms with Gasteiger partial charge in [0.25, 0.3) is 5.56 Å². The van der Waals surface area contributed by atoms with Gasteiger partial charge in [0.2, 0.25) is 5.91 Å². The number of anilines is 1. The Hall–Kier alpha value is -2.61. The quantitative estimate of drug-likeness (QED) is 0.200. The number of para-hydroxylation sites is 1. The molecule has 5 rings (SSSR count). The number of benzene rings is 2. The van der Waals surface area contributed by atoms with Crippen molar-refractivity contribution < 1.29 is 4.79 Å². The molecule has 1 aliphatic carbocycles. The highest BCUT2D eigenvalue weighted by Crippen LogP contribution is 2.36. The van der Waals surface area contributed by atoms with Gasteiger partial charge in [-0.2, -0.15) is 0 Å². The summed E-state index contributed by atoms with van der Waals surface area (Å²) >= 11 is 9.35. The minimum Gasteiger partial charge on any atom is -0.325 e. The fraction of sp³-hybridized carbons (Fsp3) is 0.345. The first kappa shape index (κ1) is 26.0. The highest BCUT2D eigenvalue weighted by Gasteiger charge is 2.24. The number of hydrogen-bond donors (Lipinski definition) is 1. The lowest BCUT2D eigenvalue weighted by Crippen LogP contribution is -2.24. The monoisotopic (exact) mass is 551 g/mol. The van der Waals surface area contributed by atoms with Crippen molar-refractivity contribution in [3.05, 3.63) is 78.9 Å². The molecule has 5 nitrogen and oxygen atoms in total. The summed E-state index contributed by atoms with van der Waals surface area (Å²) in [4.78, 5) is 34.1. The predicted molar refractivity (Wildman–Crippen MR) is 156 cm³/mol. The molecule has 192 valence electrons.